The first-order valence-corrected chi connectivity index (χ1v) is 0. The Bertz CT molecular complexity index is 25.3. The molecule has 0 aliphatic heterocycles. The predicted octanol–water partition coefficient (Wildman–Crippen LogP) is -1.45. The molecule has 0 atom stereocenters. The summed E-state index contributed by atoms with van der Waals surface area (Å²) in [7, 11) is 0. The molecule has 46 valence electrons. The monoisotopic (exact) mass is 236 g/mol. The zero-order chi connectivity index (χ0) is 0. The zero-order valence-electron chi connectivity index (χ0n) is 4.27. The molecule has 0 rings (SSSR count). The van der Waals surface area contributed by atoms with Crippen LogP contribution in [0.2, 0.25) is 0 Å². The molecule has 0 unspecified atom stereocenters. The van der Waals surface area contributed by atoms with Crippen molar-refractivity contribution in [2.24, 2.45) is 0 Å². The van der Waals surface area contributed by atoms with E-state index in [0.717, 1.165) is 0 Å². The molecule has 0 aliphatic carbocycles. The van der Waals surface area contributed by atoms with Gasteiger partial charge in [-0.3, -0.25) is 0 Å². The van der Waals surface area contributed by atoms with Crippen LogP contribution >= 0.6 is 19.8 Å². The Morgan fingerprint density at radius 2 is 0.455 bits per heavy atom. The molecular formula is H2Al2Li2O3P2Si2. The summed E-state index contributed by atoms with van der Waals surface area (Å²) in [6.07, 6.45) is 0. The van der Waals surface area contributed by atoms with E-state index in [0.29, 0.717) is 0 Å². The number of hydrogen-bond donors (Lipinski definition) is 0. The van der Waals surface area contributed by atoms with Gasteiger partial charge in [-0.1, -0.05) is 0 Å². The Balaban J connectivity index is 0. The molecule has 0 saturated carbocycles. The minimum absolute atomic E-state index is 0. The standard InChI is InChI=1S/2Al.2Li.3O.2P.2Si.2H/q2*+3;;;3*-2;;;;;;. The van der Waals surface area contributed by atoms with Crippen molar-refractivity contribution in [2.45, 2.75) is 0 Å². The maximum absolute atomic E-state index is 0. The van der Waals surface area contributed by atoms with Gasteiger partial charge in [0.05, 0.1) is 0 Å². The third kappa shape index (κ3) is 149. The van der Waals surface area contributed by atoms with Crippen molar-refractivity contribution in [3.05, 3.63) is 0 Å². The van der Waals surface area contributed by atoms with Crippen molar-refractivity contribution >= 4 is 114 Å². The van der Waals surface area contributed by atoms with E-state index in [2.05, 4.69) is 0 Å². The third-order valence-electron chi connectivity index (χ3n) is 0. The van der Waals surface area contributed by atoms with E-state index in [1.165, 1.54) is 0 Å². The van der Waals surface area contributed by atoms with Crippen molar-refractivity contribution in [3.63, 3.8) is 0 Å². The van der Waals surface area contributed by atoms with Crippen LogP contribution in [0.25, 0.3) is 0 Å². The second kappa shape index (κ2) is 176. The van der Waals surface area contributed by atoms with Gasteiger partial charge in [0.25, 0.3) is 0 Å². The molecule has 11 heteroatoms. The molecule has 0 aromatic heterocycles. The molecule has 0 heterocycles. The molecule has 0 bridgehead atoms. The molecule has 0 aliphatic rings. The zero-order valence-corrected chi connectivity index (χ0v) is 10.4. The summed E-state index contributed by atoms with van der Waals surface area (Å²) in [5.41, 5.74) is 0. The van der Waals surface area contributed by atoms with Gasteiger partial charge in [-0.25, -0.2) is 0 Å². The van der Waals surface area contributed by atoms with Crippen LogP contribution in [-0.2, 0) is 16.4 Å². The summed E-state index contributed by atoms with van der Waals surface area (Å²) in [6, 6.07) is 0. The fraction of sp³-hybridized carbons (Fsp3) is 0. The summed E-state index contributed by atoms with van der Waals surface area (Å²) in [5, 5.41) is 0. The van der Waals surface area contributed by atoms with Crippen LogP contribution in [-0.4, -0.2) is 94.4 Å². The largest absolute Gasteiger partial charge is 2.00 e. The number of hydrogen-bond acceptors (Lipinski definition) is 0. The molecule has 0 N–H and O–H groups in total. The van der Waals surface area contributed by atoms with Gasteiger partial charge in [-0.05, 0) is 0 Å². The molecule has 0 saturated heterocycles. The number of rotatable bonds is 0. The van der Waals surface area contributed by atoms with Crippen LogP contribution in [0.15, 0.2) is 0 Å². The summed E-state index contributed by atoms with van der Waals surface area (Å²) in [4.78, 5) is 0. The van der Waals surface area contributed by atoms with Crippen molar-refractivity contribution in [1.82, 2.24) is 0 Å². The quantitative estimate of drug-likeness (QED) is 0.364. The van der Waals surface area contributed by atoms with E-state index in [1.807, 2.05) is 0 Å². The molecule has 0 amide bonds. The fourth-order valence-corrected chi connectivity index (χ4v) is 0. The van der Waals surface area contributed by atoms with E-state index in [9.17, 15) is 0 Å². The molecular weight excluding hydrogens is 234 g/mol. The maximum Gasteiger partial charge on any atom is 0 e. The molecule has 3 nitrogen and oxygen atoms in total. The van der Waals surface area contributed by atoms with Crippen LogP contribution in [0, 0.1) is 0 Å². The van der Waals surface area contributed by atoms with Crippen LogP contribution in [0.4, 0.5) is 0 Å². The van der Waals surface area contributed by atoms with E-state index in [-0.39, 0.29) is 131 Å². The molecule has 11 heavy (non-hydrogen) atoms. The van der Waals surface area contributed by atoms with Crippen LogP contribution in [0.3, 0.4) is 0 Å². The molecule has 14 radical (unpaired) electrons. The summed E-state index contributed by atoms with van der Waals surface area (Å²) in [5.74, 6) is 0. The normalized spacial score (nSPS) is 0. The molecule has 0 spiro atoms. The minimum Gasteiger partial charge on any atom is -2.00 e. The van der Waals surface area contributed by atoms with Crippen LogP contribution in [0.1, 0.15) is 0 Å². The Hall–Kier alpha value is 3.43. The first kappa shape index (κ1) is 221. The van der Waals surface area contributed by atoms with Crippen molar-refractivity contribution in [1.29, 1.82) is 0 Å². The van der Waals surface area contributed by atoms with Gasteiger partial charge in [0.1, 0.15) is 0 Å². The molecule has 0 aromatic rings. The van der Waals surface area contributed by atoms with Gasteiger partial charge in [-0.15, -0.1) is 0 Å². The average Bonchev–Trinajstić information content (AvgIpc) is 0. The van der Waals surface area contributed by atoms with Crippen LogP contribution < -0.4 is 0 Å². The SMILES string of the molecule is [Al+3].[Al+3].[LiH].[LiH].[O-2].[O-2].[O-2].[P].[P].[Si].[Si]. The van der Waals surface area contributed by atoms with Crippen molar-refractivity contribution in [3.8, 4) is 0 Å². The van der Waals surface area contributed by atoms with E-state index in [1.54, 1.807) is 0 Å². The maximum atomic E-state index is 0. The Morgan fingerprint density at radius 3 is 0.455 bits per heavy atom. The molecule has 0 fully saturated rings. The predicted molar refractivity (Wildman–Crippen MR) is 53.2 cm³/mol. The van der Waals surface area contributed by atoms with E-state index >= 15 is 0 Å². The van der Waals surface area contributed by atoms with Crippen molar-refractivity contribution < 1.29 is 16.4 Å². The smallest absolute Gasteiger partial charge is 0 e. The Morgan fingerprint density at radius 1 is 0.455 bits per heavy atom. The summed E-state index contributed by atoms with van der Waals surface area (Å²) < 4.78 is 0. The first-order chi connectivity index (χ1) is 0. The molecule has 0 aromatic carbocycles. The van der Waals surface area contributed by atoms with Gasteiger partial charge >= 0.3 is 72.4 Å². The topological polar surface area (TPSA) is 85.5 Å². The third-order valence-corrected chi connectivity index (χ3v) is 0. The summed E-state index contributed by atoms with van der Waals surface area (Å²) >= 11 is 0. The van der Waals surface area contributed by atoms with Crippen LogP contribution in [0.5, 0.6) is 0 Å². The average molecular weight is 236 g/mol. The van der Waals surface area contributed by atoms with Crippen molar-refractivity contribution in [2.75, 3.05) is 0 Å². The van der Waals surface area contributed by atoms with Gasteiger partial charge in [0, 0.05) is 41.7 Å². The first-order valence-electron chi connectivity index (χ1n) is 0. The van der Waals surface area contributed by atoms with E-state index < -0.39 is 0 Å². The fourth-order valence-electron chi connectivity index (χ4n) is 0. The minimum atomic E-state index is 0. The van der Waals surface area contributed by atoms with Gasteiger partial charge in [-0.2, -0.15) is 0 Å². The van der Waals surface area contributed by atoms with Gasteiger partial charge in [0.2, 0.25) is 0 Å². The summed E-state index contributed by atoms with van der Waals surface area (Å²) in [6.45, 7) is 0. The Kier molecular flexibility index (Phi) is 3540. The Labute approximate surface area is 129 Å². The second-order valence-electron chi connectivity index (χ2n) is 0. The van der Waals surface area contributed by atoms with Gasteiger partial charge in [0.15, 0.2) is 0 Å². The van der Waals surface area contributed by atoms with Gasteiger partial charge < -0.3 is 16.4 Å². The van der Waals surface area contributed by atoms with E-state index in [4.69, 9.17) is 0 Å². The second-order valence-corrected chi connectivity index (χ2v) is 0.